The lowest BCUT2D eigenvalue weighted by Gasteiger charge is -2.34. The normalized spacial score (nSPS) is 20.3. The van der Waals surface area contributed by atoms with Crippen molar-refractivity contribution in [2.75, 3.05) is 18.8 Å². The van der Waals surface area contributed by atoms with Crippen LogP contribution in [-0.4, -0.2) is 37.8 Å². The average Bonchev–Trinajstić information content (AvgIpc) is 2.43. The Hall–Kier alpha value is -1.60. The van der Waals surface area contributed by atoms with Crippen LogP contribution in [0.25, 0.3) is 0 Å². The molecule has 1 aliphatic rings. The minimum atomic E-state index is -3.79. The first-order valence-corrected chi connectivity index (χ1v) is 8.40. The van der Waals surface area contributed by atoms with Gasteiger partial charge in [-0.05, 0) is 37.5 Å². The molecule has 1 aromatic carbocycles. The van der Waals surface area contributed by atoms with E-state index >= 15 is 0 Å². The predicted molar refractivity (Wildman–Crippen MR) is 81.3 cm³/mol. The van der Waals surface area contributed by atoms with E-state index in [1.165, 1.54) is 4.31 Å². The molecule has 7 heteroatoms. The number of benzene rings is 1. The van der Waals surface area contributed by atoms with E-state index in [-0.39, 0.29) is 23.0 Å². The van der Waals surface area contributed by atoms with Gasteiger partial charge in [-0.1, -0.05) is 13.0 Å². The number of nitrogen functional groups attached to an aromatic ring is 1. The number of nitrogens with one attached hydrogen (secondary N) is 1. The van der Waals surface area contributed by atoms with Gasteiger partial charge in [0.1, 0.15) is 10.9 Å². The molecule has 1 fully saturated rings. The molecule has 21 heavy (non-hydrogen) atoms. The second kappa shape index (κ2) is 5.65. The van der Waals surface area contributed by atoms with E-state index in [2.05, 4.69) is 5.32 Å². The highest BCUT2D eigenvalue weighted by Gasteiger charge is 2.38. The quantitative estimate of drug-likeness (QED) is 0.807. The fraction of sp³-hybridized carbons (Fsp3) is 0.500. The van der Waals surface area contributed by atoms with Crippen LogP contribution in [-0.2, 0) is 14.8 Å². The number of rotatable bonds is 3. The van der Waals surface area contributed by atoms with E-state index in [1.54, 1.807) is 26.0 Å². The van der Waals surface area contributed by atoms with Gasteiger partial charge in [-0.15, -0.1) is 0 Å². The number of sulfonamides is 1. The number of carbonyl (C=O) groups excluding carboxylic acids is 1. The van der Waals surface area contributed by atoms with Gasteiger partial charge in [-0.3, -0.25) is 4.79 Å². The number of piperazine rings is 1. The molecule has 116 valence electrons. The molecule has 1 heterocycles. The van der Waals surface area contributed by atoms with Gasteiger partial charge < -0.3 is 11.1 Å². The van der Waals surface area contributed by atoms with Gasteiger partial charge in [0.2, 0.25) is 15.9 Å². The predicted octanol–water partition coefficient (Wildman–Crippen LogP) is 0.785. The zero-order valence-corrected chi connectivity index (χ0v) is 13.3. The van der Waals surface area contributed by atoms with Crippen LogP contribution in [0.15, 0.2) is 17.0 Å². The van der Waals surface area contributed by atoms with Crippen LogP contribution in [0.5, 0.6) is 0 Å². The number of carbonyl (C=O) groups is 1. The lowest BCUT2D eigenvalue weighted by Crippen LogP contribution is -2.56. The molecule has 0 spiro atoms. The Kier molecular flexibility index (Phi) is 4.25. The number of hydrogen-bond donors (Lipinski definition) is 2. The summed E-state index contributed by atoms with van der Waals surface area (Å²) in [6.07, 6.45) is 0.426. The van der Waals surface area contributed by atoms with E-state index in [0.29, 0.717) is 18.5 Å². The van der Waals surface area contributed by atoms with Crippen molar-refractivity contribution in [2.45, 2.75) is 38.1 Å². The Morgan fingerprint density at radius 1 is 1.38 bits per heavy atom. The summed E-state index contributed by atoms with van der Waals surface area (Å²) in [5.41, 5.74) is 7.61. The highest BCUT2D eigenvalue weighted by atomic mass is 32.2. The average molecular weight is 311 g/mol. The van der Waals surface area contributed by atoms with Crippen molar-refractivity contribution in [3.8, 4) is 0 Å². The highest BCUT2D eigenvalue weighted by molar-refractivity contribution is 7.89. The first-order valence-electron chi connectivity index (χ1n) is 6.96. The molecule has 0 bridgehead atoms. The number of aryl methyl sites for hydroxylation is 1. The molecule has 0 saturated carbocycles. The lowest BCUT2D eigenvalue weighted by atomic mass is 10.1. The maximum absolute atomic E-state index is 13.0. The van der Waals surface area contributed by atoms with Gasteiger partial charge in [-0.25, -0.2) is 8.42 Å². The van der Waals surface area contributed by atoms with Crippen molar-refractivity contribution in [1.82, 2.24) is 9.62 Å². The van der Waals surface area contributed by atoms with E-state index in [1.807, 2.05) is 6.92 Å². The minimum Gasteiger partial charge on any atom is -0.398 e. The topological polar surface area (TPSA) is 92.5 Å². The van der Waals surface area contributed by atoms with Crippen molar-refractivity contribution in [3.05, 3.63) is 23.3 Å². The molecule has 1 atom stereocenters. The monoisotopic (exact) mass is 311 g/mol. The van der Waals surface area contributed by atoms with Crippen molar-refractivity contribution in [1.29, 1.82) is 0 Å². The first-order chi connectivity index (χ1) is 9.80. The fourth-order valence-electron chi connectivity index (χ4n) is 2.64. The summed E-state index contributed by atoms with van der Waals surface area (Å²) in [5, 5.41) is 2.70. The summed E-state index contributed by atoms with van der Waals surface area (Å²) in [5.74, 6) is -0.254. The first kappa shape index (κ1) is 15.8. The number of nitrogens with zero attached hydrogens (tertiary/aromatic N) is 1. The molecule has 0 aliphatic carbocycles. The van der Waals surface area contributed by atoms with E-state index in [0.717, 1.165) is 5.56 Å². The molecule has 1 aliphatic heterocycles. The fourth-order valence-corrected chi connectivity index (χ4v) is 4.70. The van der Waals surface area contributed by atoms with Gasteiger partial charge in [-0.2, -0.15) is 4.31 Å². The molecule has 3 N–H and O–H groups in total. The third-order valence-electron chi connectivity index (χ3n) is 3.94. The second-order valence-corrected chi connectivity index (χ2v) is 7.08. The number of hydrogen-bond acceptors (Lipinski definition) is 4. The van der Waals surface area contributed by atoms with E-state index in [4.69, 9.17) is 5.73 Å². The third kappa shape index (κ3) is 2.63. The molecule has 1 saturated heterocycles. The summed E-state index contributed by atoms with van der Waals surface area (Å²) in [4.78, 5) is 12.0. The van der Waals surface area contributed by atoms with Gasteiger partial charge >= 0.3 is 0 Å². The summed E-state index contributed by atoms with van der Waals surface area (Å²) < 4.78 is 27.2. The van der Waals surface area contributed by atoms with Crippen molar-refractivity contribution >= 4 is 21.6 Å². The van der Waals surface area contributed by atoms with Crippen LogP contribution in [0, 0.1) is 13.8 Å². The molecule has 0 aromatic heterocycles. The highest BCUT2D eigenvalue weighted by Crippen LogP contribution is 2.30. The maximum Gasteiger partial charge on any atom is 0.246 e. The van der Waals surface area contributed by atoms with Gasteiger partial charge in [0.05, 0.1) is 5.69 Å². The minimum absolute atomic E-state index is 0.121. The zero-order valence-electron chi connectivity index (χ0n) is 12.5. The molecular formula is C14H21N3O3S. The molecule has 2 rings (SSSR count). The Morgan fingerprint density at radius 2 is 2.05 bits per heavy atom. The Morgan fingerprint density at radius 3 is 2.67 bits per heavy atom. The largest absolute Gasteiger partial charge is 0.398 e. The zero-order chi connectivity index (χ0) is 15.8. The summed E-state index contributed by atoms with van der Waals surface area (Å²) in [6, 6.07) is 2.72. The summed E-state index contributed by atoms with van der Waals surface area (Å²) in [7, 11) is -3.79. The van der Waals surface area contributed by atoms with Crippen LogP contribution < -0.4 is 11.1 Å². The lowest BCUT2D eigenvalue weighted by molar-refractivity contribution is -0.126. The molecule has 1 unspecified atom stereocenters. The molecular weight excluding hydrogens is 290 g/mol. The van der Waals surface area contributed by atoms with Crippen molar-refractivity contribution < 1.29 is 13.2 Å². The van der Waals surface area contributed by atoms with Gasteiger partial charge in [0.15, 0.2) is 0 Å². The van der Waals surface area contributed by atoms with Crippen LogP contribution >= 0.6 is 0 Å². The van der Waals surface area contributed by atoms with Crippen LogP contribution in [0.2, 0.25) is 0 Å². The SMILES string of the molecule is CCC1C(=O)NCCN1S(=O)(=O)c1c(N)ccc(C)c1C. The molecule has 1 amide bonds. The smallest absolute Gasteiger partial charge is 0.246 e. The van der Waals surface area contributed by atoms with E-state index in [9.17, 15) is 13.2 Å². The number of anilines is 1. The standard InChI is InChI=1S/C14H21N3O3S/c1-4-12-14(18)16-7-8-17(12)21(19,20)13-10(3)9(2)5-6-11(13)15/h5-6,12H,4,7-8,15H2,1-3H3,(H,16,18). The van der Waals surface area contributed by atoms with Crippen molar-refractivity contribution in [2.24, 2.45) is 0 Å². The number of amides is 1. The Labute approximate surface area is 125 Å². The summed E-state index contributed by atoms with van der Waals surface area (Å²) in [6.45, 7) is 5.96. The molecule has 6 nitrogen and oxygen atoms in total. The van der Waals surface area contributed by atoms with Gasteiger partial charge in [0.25, 0.3) is 0 Å². The molecule has 1 aromatic rings. The van der Waals surface area contributed by atoms with Crippen LogP contribution in [0.4, 0.5) is 5.69 Å². The Bertz CT molecular complexity index is 670. The third-order valence-corrected chi connectivity index (χ3v) is 6.05. The van der Waals surface area contributed by atoms with Crippen molar-refractivity contribution in [3.63, 3.8) is 0 Å². The van der Waals surface area contributed by atoms with Crippen LogP contribution in [0.3, 0.4) is 0 Å². The van der Waals surface area contributed by atoms with Crippen LogP contribution in [0.1, 0.15) is 24.5 Å². The van der Waals surface area contributed by atoms with Gasteiger partial charge in [0, 0.05) is 13.1 Å². The summed E-state index contributed by atoms with van der Waals surface area (Å²) >= 11 is 0. The second-order valence-electron chi connectivity index (χ2n) is 5.26. The number of nitrogens with two attached hydrogens (primary N) is 1. The maximum atomic E-state index is 13.0. The molecule has 0 radical (unpaired) electrons. The van der Waals surface area contributed by atoms with E-state index < -0.39 is 16.1 Å². The Balaban J connectivity index is 2.57.